The van der Waals surface area contributed by atoms with Crippen molar-refractivity contribution >= 4 is 26.7 Å². The van der Waals surface area contributed by atoms with Crippen LogP contribution in [0.5, 0.6) is 5.75 Å². The normalized spacial score (nSPS) is 19.0. The zero-order valence-corrected chi connectivity index (χ0v) is 14.8. The van der Waals surface area contributed by atoms with Gasteiger partial charge in [0.2, 0.25) is 5.91 Å². The van der Waals surface area contributed by atoms with Gasteiger partial charge in [0.1, 0.15) is 11.3 Å². The summed E-state index contributed by atoms with van der Waals surface area (Å²) in [6.07, 6.45) is 0.256. The summed E-state index contributed by atoms with van der Waals surface area (Å²) < 4.78 is 33.3. The molecule has 3 rings (SSSR count). The molecule has 0 aliphatic carbocycles. The van der Waals surface area contributed by atoms with Gasteiger partial charge in [-0.15, -0.1) is 0 Å². The van der Waals surface area contributed by atoms with Crippen molar-refractivity contribution in [3.63, 3.8) is 0 Å². The van der Waals surface area contributed by atoms with Gasteiger partial charge in [-0.25, -0.2) is 13.2 Å². The van der Waals surface area contributed by atoms with Crippen LogP contribution in [-0.2, 0) is 21.1 Å². The van der Waals surface area contributed by atoms with Crippen LogP contribution in [0.2, 0.25) is 0 Å². The van der Waals surface area contributed by atoms with E-state index in [4.69, 9.17) is 9.15 Å². The quantitative estimate of drug-likeness (QED) is 0.810. The second kappa shape index (κ2) is 6.51. The van der Waals surface area contributed by atoms with Crippen LogP contribution in [0, 0.1) is 6.92 Å². The molecule has 1 amide bonds. The Morgan fingerprint density at radius 3 is 2.80 bits per heavy atom. The molecular weight excluding hydrogens is 346 g/mol. The number of fused-ring (bicyclic) bond motifs is 1. The van der Waals surface area contributed by atoms with E-state index in [-0.39, 0.29) is 29.4 Å². The molecule has 0 saturated carbocycles. The molecule has 25 heavy (non-hydrogen) atoms. The van der Waals surface area contributed by atoms with Crippen molar-refractivity contribution in [2.45, 2.75) is 25.8 Å². The highest BCUT2D eigenvalue weighted by Crippen LogP contribution is 2.24. The smallest absolute Gasteiger partial charge is 0.340 e. The van der Waals surface area contributed by atoms with Crippen LogP contribution >= 0.6 is 0 Å². The van der Waals surface area contributed by atoms with Crippen LogP contribution in [0.3, 0.4) is 0 Å². The van der Waals surface area contributed by atoms with Gasteiger partial charge in [-0.05, 0) is 31.0 Å². The molecular formula is C17H19NO6S. The van der Waals surface area contributed by atoms with Gasteiger partial charge < -0.3 is 14.5 Å². The maximum atomic E-state index is 12.2. The Bertz CT molecular complexity index is 992. The number of carbonyl (C=O) groups is 1. The Morgan fingerprint density at radius 2 is 2.16 bits per heavy atom. The van der Waals surface area contributed by atoms with Gasteiger partial charge in [0.05, 0.1) is 30.6 Å². The van der Waals surface area contributed by atoms with Gasteiger partial charge >= 0.3 is 5.63 Å². The lowest BCUT2D eigenvalue weighted by Crippen LogP contribution is -2.37. The van der Waals surface area contributed by atoms with Gasteiger partial charge in [-0.1, -0.05) is 0 Å². The summed E-state index contributed by atoms with van der Waals surface area (Å²) in [5.41, 5.74) is 0.763. The van der Waals surface area contributed by atoms with Gasteiger partial charge in [-0.2, -0.15) is 0 Å². The number of nitrogens with one attached hydrogen (secondary N) is 1. The monoisotopic (exact) mass is 365 g/mol. The lowest BCUT2D eigenvalue weighted by atomic mass is 10.0. The zero-order valence-electron chi connectivity index (χ0n) is 14.0. The van der Waals surface area contributed by atoms with E-state index in [1.807, 2.05) is 0 Å². The van der Waals surface area contributed by atoms with Gasteiger partial charge in [0.25, 0.3) is 0 Å². The second-order valence-corrected chi connectivity index (χ2v) is 8.43. The first kappa shape index (κ1) is 17.5. The Hall–Kier alpha value is -2.35. The van der Waals surface area contributed by atoms with Crippen molar-refractivity contribution in [1.29, 1.82) is 0 Å². The van der Waals surface area contributed by atoms with Crippen LogP contribution in [0.25, 0.3) is 11.0 Å². The van der Waals surface area contributed by atoms with Crippen LogP contribution in [-0.4, -0.2) is 39.0 Å². The number of aryl methyl sites for hydroxylation is 1. The first-order valence-electron chi connectivity index (χ1n) is 7.89. The number of benzene rings is 1. The predicted octanol–water partition coefficient (Wildman–Crippen LogP) is 0.956. The minimum atomic E-state index is -3.07. The molecule has 1 aliphatic heterocycles. The van der Waals surface area contributed by atoms with Crippen molar-refractivity contribution < 1.29 is 22.4 Å². The number of sulfone groups is 1. The van der Waals surface area contributed by atoms with Crippen molar-refractivity contribution in [3.05, 3.63) is 39.7 Å². The topological polar surface area (TPSA) is 103 Å². The molecule has 1 fully saturated rings. The third kappa shape index (κ3) is 3.68. The SMILES string of the molecule is COc1ccc2c(C)c(CC(=O)NC3CCS(=O)(=O)C3)c(=O)oc2c1. The molecule has 1 aromatic heterocycles. The fraction of sp³-hybridized carbons (Fsp3) is 0.412. The number of ether oxygens (including phenoxy) is 1. The van der Waals surface area contributed by atoms with E-state index in [1.54, 1.807) is 25.1 Å². The summed E-state index contributed by atoms with van der Waals surface area (Å²) in [6.45, 7) is 1.76. The van der Waals surface area contributed by atoms with Gasteiger partial charge in [-0.3, -0.25) is 4.79 Å². The standard InChI is InChI=1S/C17H19NO6S/c1-10-13-4-3-12(23-2)7-15(13)24-17(20)14(10)8-16(19)18-11-5-6-25(21,22)9-11/h3-4,7,11H,5-6,8-9H2,1-2H3,(H,18,19). The number of amides is 1. The summed E-state index contributed by atoms with van der Waals surface area (Å²) in [7, 11) is -1.55. The Balaban J connectivity index is 1.84. The average Bonchev–Trinajstić information content (AvgIpc) is 2.89. The van der Waals surface area contributed by atoms with Crippen molar-refractivity contribution in [1.82, 2.24) is 5.32 Å². The molecule has 7 nitrogen and oxygen atoms in total. The van der Waals surface area contributed by atoms with Gasteiger partial charge in [0, 0.05) is 17.5 Å². The van der Waals surface area contributed by atoms with E-state index < -0.39 is 21.5 Å². The molecule has 0 bridgehead atoms. The molecule has 1 aromatic carbocycles. The van der Waals surface area contributed by atoms with E-state index in [9.17, 15) is 18.0 Å². The molecule has 1 saturated heterocycles. The highest BCUT2D eigenvalue weighted by molar-refractivity contribution is 7.91. The highest BCUT2D eigenvalue weighted by atomic mass is 32.2. The average molecular weight is 365 g/mol. The summed E-state index contributed by atoms with van der Waals surface area (Å²) in [4.78, 5) is 24.5. The lowest BCUT2D eigenvalue weighted by Gasteiger charge is -2.12. The molecule has 1 unspecified atom stereocenters. The molecule has 2 heterocycles. The Morgan fingerprint density at radius 1 is 1.40 bits per heavy atom. The van der Waals surface area contributed by atoms with E-state index in [0.29, 0.717) is 23.3 Å². The highest BCUT2D eigenvalue weighted by Gasteiger charge is 2.29. The van der Waals surface area contributed by atoms with Crippen LogP contribution in [0.15, 0.2) is 27.4 Å². The number of rotatable bonds is 4. The maximum absolute atomic E-state index is 12.2. The Kier molecular flexibility index (Phi) is 4.55. The molecule has 8 heteroatoms. The third-order valence-electron chi connectivity index (χ3n) is 4.43. The number of hydrogen-bond donors (Lipinski definition) is 1. The largest absolute Gasteiger partial charge is 0.497 e. The molecule has 134 valence electrons. The van der Waals surface area contributed by atoms with Crippen LogP contribution in [0.1, 0.15) is 17.5 Å². The predicted molar refractivity (Wildman–Crippen MR) is 92.7 cm³/mol. The van der Waals surface area contributed by atoms with Crippen molar-refractivity contribution in [3.8, 4) is 5.75 Å². The van der Waals surface area contributed by atoms with E-state index in [2.05, 4.69) is 5.32 Å². The van der Waals surface area contributed by atoms with E-state index >= 15 is 0 Å². The summed E-state index contributed by atoms with van der Waals surface area (Å²) in [5, 5.41) is 3.41. The summed E-state index contributed by atoms with van der Waals surface area (Å²) in [6, 6.07) is 4.76. The number of methoxy groups -OCH3 is 1. The minimum absolute atomic E-state index is 0.0517. The molecule has 1 aliphatic rings. The first-order chi connectivity index (χ1) is 11.8. The third-order valence-corrected chi connectivity index (χ3v) is 6.20. The summed E-state index contributed by atoms with van der Waals surface area (Å²) >= 11 is 0. The number of hydrogen-bond acceptors (Lipinski definition) is 6. The van der Waals surface area contributed by atoms with Crippen LogP contribution < -0.4 is 15.7 Å². The van der Waals surface area contributed by atoms with Crippen molar-refractivity contribution in [2.24, 2.45) is 0 Å². The van der Waals surface area contributed by atoms with Gasteiger partial charge in [0.15, 0.2) is 9.84 Å². The van der Waals surface area contributed by atoms with E-state index in [1.165, 1.54) is 7.11 Å². The molecule has 0 radical (unpaired) electrons. The zero-order chi connectivity index (χ0) is 18.2. The van der Waals surface area contributed by atoms with Crippen LogP contribution in [0.4, 0.5) is 0 Å². The molecule has 0 spiro atoms. The van der Waals surface area contributed by atoms with E-state index in [0.717, 1.165) is 5.39 Å². The molecule has 1 N–H and O–H groups in total. The minimum Gasteiger partial charge on any atom is -0.497 e. The Labute approximate surface area is 144 Å². The van der Waals surface area contributed by atoms with Crippen molar-refractivity contribution in [2.75, 3.05) is 18.6 Å². The molecule has 1 atom stereocenters. The summed E-state index contributed by atoms with van der Waals surface area (Å²) in [5.74, 6) is 0.217. The fourth-order valence-electron chi connectivity index (χ4n) is 3.05. The second-order valence-electron chi connectivity index (χ2n) is 6.20. The fourth-order valence-corrected chi connectivity index (χ4v) is 4.73. The lowest BCUT2D eigenvalue weighted by molar-refractivity contribution is -0.121. The maximum Gasteiger partial charge on any atom is 0.340 e. The number of carbonyl (C=O) groups excluding carboxylic acids is 1. The molecule has 2 aromatic rings. The first-order valence-corrected chi connectivity index (χ1v) is 9.71.